The number of piperidine rings is 1. The molecule has 0 bridgehead atoms. The summed E-state index contributed by atoms with van der Waals surface area (Å²) in [7, 11) is 0. The van der Waals surface area contributed by atoms with Crippen molar-refractivity contribution in [2.45, 2.75) is 19.3 Å². The van der Waals surface area contributed by atoms with Gasteiger partial charge in [0, 0.05) is 24.7 Å². The Kier molecular flexibility index (Phi) is 4.13. The number of hydrogen-bond acceptors (Lipinski definition) is 8. The molecule has 23 heavy (non-hydrogen) atoms. The fraction of sp³-hybridized carbons (Fsp3) is 0.385. The van der Waals surface area contributed by atoms with E-state index in [-0.39, 0.29) is 16.6 Å². The number of benzene rings is 1. The standard InChI is InChI=1S/C13H16N8O2/c14-13-16-17-18-20(13)15-9-10-4-5-11(12(8-10)21(22)23)19-6-2-1-3-7-19/h4-5,8-9H,1-3,6-7H2,(H2,14,16,18)/b15-9+. The van der Waals surface area contributed by atoms with E-state index in [4.69, 9.17) is 5.73 Å². The van der Waals surface area contributed by atoms with E-state index >= 15 is 0 Å². The van der Waals surface area contributed by atoms with Crippen LogP contribution < -0.4 is 10.6 Å². The lowest BCUT2D eigenvalue weighted by molar-refractivity contribution is -0.384. The van der Waals surface area contributed by atoms with Gasteiger partial charge in [0.1, 0.15) is 5.69 Å². The molecular formula is C13H16N8O2. The number of nitro groups is 1. The molecule has 1 aliphatic rings. The smallest absolute Gasteiger partial charge is 0.293 e. The lowest BCUT2D eigenvalue weighted by atomic mass is 10.1. The maximum Gasteiger partial charge on any atom is 0.293 e. The highest BCUT2D eigenvalue weighted by molar-refractivity contribution is 5.83. The van der Waals surface area contributed by atoms with Crippen LogP contribution in [-0.4, -0.2) is 44.5 Å². The molecule has 3 rings (SSSR count). The van der Waals surface area contributed by atoms with Gasteiger partial charge in [-0.15, -0.1) is 0 Å². The number of anilines is 2. The molecule has 1 aromatic heterocycles. The van der Waals surface area contributed by atoms with Crippen LogP contribution >= 0.6 is 0 Å². The molecule has 1 aromatic carbocycles. The summed E-state index contributed by atoms with van der Waals surface area (Å²) in [4.78, 5) is 14.1. The van der Waals surface area contributed by atoms with Gasteiger partial charge in [-0.2, -0.15) is 5.10 Å². The van der Waals surface area contributed by atoms with Crippen LogP contribution in [-0.2, 0) is 0 Å². The van der Waals surface area contributed by atoms with Crippen LogP contribution in [0.5, 0.6) is 0 Å². The first kappa shape index (κ1) is 14.9. The van der Waals surface area contributed by atoms with Gasteiger partial charge >= 0.3 is 0 Å². The first-order valence-corrected chi connectivity index (χ1v) is 7.27. The highest BCUT2D eigenvalue weighted by Crippen LogP contribution is 2.30. The summed E-state index contributed by atoms with van der Waals surface area (Å²) in [5, 5.41) is 25.8. The van der Waals surface area contributed by atoms with E-state index in [9.17, 15) is 10.1 Å². The van der Waals surface area contributed by atoms with Crippen molar-refractivity contribution < 1.29 is 4.92 Å². The maximum atomic E-state index is 11.4. The maximum absolute atomic E-state index is 11.4. The van der Waals surface area contributed by atoms with Crippen LogP contribution in [0.3, 0.4) is 0 Å². The Balaban J connectivity index is 1.88. The molecule has 0 amide bonds. The fourth-order valence-electron chi connectivity index (χ4n) is 2.56. The third-order valence-electron chi connectivity index (χ3n) is 3.69. The van der Waals surface area contributed by atoms with Crippen molar-refractivity contribution >= 4 is 23.5 Å². The van der Waals surface area contributed by atoms with E-state index in [1.807, 2.05) is 0 Å². The van der Waals surface area contributed by atoms with Crippen molar-refractivity contribution in [1.82, 2.24) is 20.3 Å². The van der Waals surface area contributed by atoms with Crippen molar-refractivity contribution in [3.63, 3.8) is 0 Å². The second-order valence-corrected chi connectivity index (χ2v) is 5.22. The molecule has 0 aliphatic carbocycles. The van der Waals surface area contributed by atoms with Crippen LogP contribution in [0, 0.1) is 10.1 Å². The Morgan fingerprint density at radius 3 is 2.74 bits per heavy atom. The molecule has 0 radical (unpaired) electrons. The predicted octanol–water partition coefficient (Wildman–Crippen LogP) is 1.04. The molecule has 0 atom stereocenters. The lowest BCUT2D eigenvalue weighted by Crippen LogP contribution is -2.29. The topological polar surface area (TPSA) is 128 Å². The number of aromatic nitrogens is 4. The molecule has 120 valence electrons. The largest absolute Gasteiger partial charge is 0.366 e. The van der Waals surface area contributed by atoms with Crippen molar-refractivity contribution in [1.29, 1.82) is 0 Å². The minimum Gasteiger partial charge on any atom is -0.366 e. The number of nitro benzene ring substituents is 1. The van der Waals surface area contributed by atoms with Crippen molar-refractivity contribution in [2.75, 3.05) is 23.7 Å². The zero-order valence-electron chi connectivity index (χ0n) is 12.4. The average Bonchev–Trinajstić information content (AvgIpc) is 2.98. The van der Waals surface area contributed by atoms with Crippen LogP contribution in [0.15, 0.2) is 23.3 Å². The molecule has 0 saturated carbocycles. The van der Waals surface area contributed by atoms with Gasteiger partial charge in [-0.1, -0.05) is 16.0 Å². The molecule has 2 heterocycles. The summed E-state index contributed by atoms with van der Waals surface area (Å²) in [5.41, 5.74) is 6.80. The number of tetrazole rings is 1. The number of nitrogens with zero attached hydrogens (tertiary/aromatic N) is 7. The third kappa shape index (κ3) is 3.25. The minimum absolute atomic E-state index is 0.0423. The quantitative estimate of drug-likeness (QED) is 0.506. The molecule has 10 nitrogen and oxygen atoms in total. The van der Waals surface area contributed by atoms with Crippen LogP contribution in [0.25, 0.3) is 0 Å². The van der Waals surface area contributed by atoms with E-state index in [1.165, 1.54) is 18.7 Å². The molecule has 2 aromatic rings. The Morgan fingerprint density at radius 1 is 1.30 bits per heavy atom. The van der Waals surface area contributed by atoms with E-state index in [0.29, 0.717) is 11.3 Å². The Morgan fingerprint density at radius 2 is 2.09 bits per heavy atom. The van der Waals surface area contributed by atoms with Gasteiger partial charge < -0.3 is 10.6 Å². The fourth-order valence-corrected chi connectivity index (χ4v) is 2.56. The first-order valence-electron chi connectivity index (χ1n) is 7.27. The van der Waals surface area contributed by atoms with Gasteiger partial charge in [0.2, 0.25) is 0 Å². The second-order valence-electron chi connectivity index (χ2n) is 5.22. The summed E-state index contributed by atoms with van der Waals surface area (Å²) in [6.45, 7) is 1.69. The Labute approximate surface area is 131 Å². The van der Waals surface area contributed by atoms with E-state index in [2.05, 4.69) is 25.5 Å². The summed E-state index contributed by atoms with van der Waals surface area (Å²) in [6.07, 6.45) is 4.71. The van der Waals surface area contributed by atoms with Crippen molar-refractivity contribution in [2.24, 2.45) is 5.10 Å². The Hall–Kier alpha value is -3.04. The van der Waals surface area contributed by atoms with Crippen molar-refractivity contribution in [3.05, 3.63) is 33.9 Å². The SMILES string of the molecule is Nc1nnnn1/N=C/c1ccc(N2CCCCC2)c([N+](=O)[O-])c1. The van der Waals surface area contributed by atoms with Crippen molar-refractivity contribution in [3.8, 4) is 0 Å². The van der Waals surface area contributed by atoms with Gasteiger partial charge in [-0.05, 0) is 35.8 Å². The van der Waals surface area contributed by atoms with Gasteiger partial charge in [-0.25, -0.2) is 0 Å². The summed E-state index contributed by atoms with van der Waals surface area (Å²) >= 11 is 0. The molecule has 1 saturated heterocycles. The lowest BCUT2D eigenvalue weighted by Gasteiger charge is -2.28. The van der Waals surface area contributed by atoms with Gasteiger partial charge in [-0.3, -0.25) is 10.1 Å². The van der Waals surface area contributed by atoms with Gasteiger partial charge in [0.15, 0.2) is 0 Å². The molecule has 0 spiro atoms. The minimum atomic E-state index is -0.368. The molecule has 0 unspecified atom stereocenters. The highest BCUT2D eigenvalue weighted by Gasteiger charge is 2.21. The number of nitrogen functional groups attached to an aromatic ring is 1. The average molecular weight is 316 g/mol. The summed E-state index contributed by atoms with van der Waals surface area (Å²) in [6, 6.07) is 5.03. The predicted molar refractivity (Wildman–Crippen MR) is 84.4 cm³/mol. The number of nitrogens with two attached hydrogens (primary N) is 1. The molecule has 10 heteroatoms. The van der Waals surface area contributed by atoms with E-state index in [0.717, 1.165) is 30.7 Å². The highest BCUT2D eigenvalue weighted by atomic mass is 16.6. The van der Waals surface area contributed by atoms with Crippen LogP contribution in [0.1, 0.15) is 24.8 Å². The normalized spacial score (nSPS) is 15.2. The summed E-state index contributed by atoms with van der Waals surface area (Å²) in [5.74, 6) is 0.0423. The molecule has 1 fully saturated rings. The van der Waals surface area contributed by atoms with E-state index in [1.54, 1.807) is 12.1 Å². The number of hydrogen-bond donors (Lipinski definition) is 1. The summed E-state index contributed by atoms with van der Waals surface area (Å²) < 4.78 is 0. The van der Waals surface area contributed by atoms with E-state index < -0.39 is 0 Å². The van der Waals surface area contributed by atoms with Gasteiger partial charge in [0.05, 0.1) is 11.1 Å². The van der Waals surface area contributed by atoms with Crippen LogP contribution in [0.2, 0.25) is 0 Å². The third-order valence-corrected chi connectivity index (χ3v) is 3.69. The Bertz CT molecular complexity index is 735. The number of rotatable bonds is 4. The zero-order valence-corrected chi connectivity index (χ0v) is 12.4. The van der Waals surface area contributed by atoms with Crippen LogP contribution in [0.4, 0.5) is 17.3 Å². The zero-order chi connectivity index (χ0) is 16.2. The second kappa shape index (κ2) is 6.38. The monoisotopic (exact) mass is 316 g/mol. The molecule has 1 aliphatic heterocycles. The first-order chi connectivity index (χ1) is 11.1. The molecular weight excluding hydrogens is 300 g/mol. The molecule has 2 N–H and O–H groups in total. The van der Waals surface area contributed by atoms with Gasteiger partial charge in [0.25, 0.3) is 11.6 Å².